The predicted molar refractivity (Wildman–Crippen MR) is 89.1 cm³/mol. The molecular weight excluding hydrogens is 296 g/mol. The van der Waals surface area contributed by atoms with Crippen LogP contribution in [0.3, 0.4) is 0 Å². The van der Waals surface area contributed by atoms with E-state index in [1.165, 1.54) is 9.75 Å². The zero-order valence-electron chi connectivity index (χ0n) is 12.9. The Labute approximate surface area is 135 Å². The van der Waals surface area contributed by atoms with Gasteiger partial charge < -0.3 is 10.0 Å². The topological polar surface area (TPSA) is 52.5 Å². The Kier molecular flexibility index (Phi) is 5.02. The standard InChI is InChI=1S/C16H22N4OS/c1-2-14-3-4-15(22-14)11-19-5-7-20(8-6-19)16-10-17-13(12-21)9-18-16/h3-4,9-10,21H,2,5-8,11-12H2,1H3. The molecule has 0 atom stereocenters. The summed E-state index contributed by atoms with van der Waals surface area (Å²) < 4.78 is 0. The third-order valence-electron chi connectivity index (χ3n) is 4.00. The third kappa shape index (κ3) is 3.63. The van der Waals surface area contributed by atoms with E-state index in [0.717, 1.165) is 45.0 Å². The lowest BCUT2D eigenvalue weighted by molar-refractivity contribution is 0.251. The van der Waals surface area contributed by atoms with Crippen molar-refractivity contribution in [3.8, 4) is 0 Å². The van der Waals surface area contributed by atoms with Gasteiger partial charge in [0.2, 0.25) is 0 Å². The molecule has 0 spiro atoms. The molecule has 5 nitrogen and oxygen atoms in total. The summed E-state index contributed by atoms with van der Waals surface area (Å²) >= 11 is 1.93. The van der Waals surface area contributed by atoms with Gasteiger partial charge in [-0.1, -0.05) is 6.92 Å². The van der Waals surface area contributed by atoms with E-state index < -0.39 is 0 Å². The summed E-state index contributed by atoms with van der Waals surface area (Å²) in [4.78, 5) is 16.3. The molecule has 1 aliphatic rings. The van der Waals surface area contributed by atoms with Gasteiger partial charge in [-0.25, -0.2) is 4.98 Å². The van der Waals surface area contributed by atoms with Gasteiger partial charge in [0.15, 0.2) is 0 Å². The maximum Gasteiger partial charge on any atom is 0.147 e. The molecule has 3 rings (SSSR count). The number of thiophene rings is 1. The van der Waals surface area contributed by atoms with E-state index >= 15 is 0 Å². The van der Waals surface area contributed by atoms with E-state index in [4.69, 9.17) is 5.11 Å². The summed E-state index contributed by atoms with van der Waals surface area (Å²) in [6.07, 6.45) is 4.54. The SMILES string of the molecule is CCc1ccc(CN2CCN(c3cnc(CO)cn3)CC2)s1. The quantitative estimate of drug-likeness (QED) is 0.913. The van der Waals surface area contributed by atoms with Crippen LogP contribution in [0, 0.1) is 0 Å². The first kappa shape index (κ1) is 15.4. The Morgan fingerprint density at radius 2 is 1.86 bits per heavy atom. The highest BCUT2D eigenvalue weighted by molar-refractivity contribution is 7.11. The first-order valence-electron chi connectivity index (χ1n) is 7.75. The van der Waals surface area contributed by atoms with Crippen LogP contribution in [0.4, 0.5) is 5.82 Å². The monoisotopic (exact) mass is 318 g/mol. The molecule has 3 heterocycles. The number of hydrogen-bond acceptors (Lipinski definition) is 6. The molecule has 0 unspecified atom stereocenters. The Morgan fingerprint density at radius 1 is 1.09 bits per heavy atom. The average molecular weight is 318 g/mol. The molecule has 1 saturated heterocycles. The zero-order valence-corrected chi connectivity index (χ0v) is 13.7. The Hall–Kier alpha value is -1.50. The average Bonchev–Trinajstić information content (AvgIpc) is 3.03. The number of hydrogen-bond donors (Lipinski definition) is 1. The summed E-state index contributed by atoms with van der Waals surface area (Å²) in [5, 5.41) is 9.01. The van der Waals surface area contributed by atoms with Crippen molar-refractivity contribution in [1.82, 2.24) is 14.9 Å². The molecule has 1 N–H and O–H groups in total. The van der Waals surface area contributed by atoms with Crippen molar-refractivity contribution in [2.24, 2.45) is 0 Å². The molecule has 0 bridgehead atoms. The highest BCUT2D eigenvalue weighted by Gasteiger charge is 2.18. The number of anilines is 1. The second-order valence-electron chi connectivity index (χ2n) is 5.51. The van der Waals surface area contributed by atoms with Crippen LogP contribution in [-0.2, 0) is 19.6 Å². The smallest absolute Gasteiger partial charge is 0.147 e. The number of nitrogens with zero attached hydrogens (tertiary/aromatic N) is 4. The molecular formula is C16H22N4OS. The maximum absolute atomic E-state index is 9.01. The van der Waals surface area contributed by atoms with Crippen LogP contribution < -0.4 is 4.90 Å². The molecule has 1 aliphatic heterocycles. The molecule has 22 heavy (non-hydrogen) atoms. The minimum Gasteiger partial charge on any atom is -0.390 e. The first-order chi connectivity index (χ1) is 10.8. The molecule has 6 heteroatoms. The number of rotatable bonds is 5. The number of piperazine rings is 1. The lowest BCUT2D eigenvalue weighted by Crippen LogP contribution is -2.46. The third-order valence-corrected chi connectivity index (χ3v) is 5.21. The van der Waals surface area contributed by atoms with Gasteiger partial charge in [-0.2, -0.15) is 0 Å². The van der Waals surface area contributed by atoms with Gasteiger partial charge in [-0.15, -0.1) is 11.3 Å². The summed E-state index contributed by atoms with van der Waals surface area (Å²) in [5.74, 6) is 0.904. The van der Waals surface area contributed by atoms with Crippen molar-refractivity contribution in [3.05, 3.63) is 40.0 Å². The van der Waals surface area contributed by atoms with Crippen LogP contribution in [0.1, 0.15) is 22.4 Å². The van der Waals surface area contributed by atoms with Gasteiger partial charge in [0, 0.05) is 42.5 Å². The molecule has 0 aliphatic carbocycles. The highest BCUT2D eigenvalue weighted by atomic mass is 32.1. The van der Waals surface area contributed by atoms with E-state index in [-0.39, 0.29) is 6.61 Å². The van der Waals surface area contributed by atoms with E-state index in [0.29, 0.717) is 5.69 Å². The van der Waals surface area contributed by atoms with Gasteiger partial charge in [0.25, 0.3) is 0 Å². The molecule has 2 aromatic rings. The van der Waals surface area contributed by atoms with Crippen molar-refractivity contribution in [1.29, 1.82) is 0 Å². The van der Waals surface area contributed by atoms with Gasteiger partial charge in [-0.05, 0) is 18.6 Å². The van der Waals surface area contributed by atoms with E-state index in [9.17, 15) is 0 Å². The van der Waals surface area contributed by atoms with Crippen LogP contribution in [0.2, 0.25) is 0 Å². The van der Waals surface area contributed by atoms with Crippen molar-refractivity contribution in [2.45, 2.75) is 26.5 Å². The second kappa shape index (κ2) is 7.17. The van der Waals surface area contributed by atoms with E-state index in [1.54, 1.807) is 12.4 Å². The predicted octanol–water partition coefficient (Wildman–Crippen LogP) is 1.91. The van der Waals surface area contributed by atoms with Crippen LogP contribution >= 0.6 is 11.3 Å². The largest absolute Gasteiger partial charge is 0.390 e. The van der Waals surface area contributed by atoms with E-state index in [2.05, 4.69) is 38.8 Å². The Bertz CT molecular complexity index is 590. The van der Waals surface area contributed by atoms with Crippen LogP contribution in [0.15, 0.2) is 24.5 Å². The van der Waals surface area contributed by atoms with Crippen LogP contribution in [0.5, 0.6) is 0 Å². The first-order valence-corrected chi connectivity index (χ1v) is 8.57. The molecule has 1 fully saturated rings. The number of aromatic nitrogens is 2. The van der Waals surface area contributed by atoms with Crippen molar-refractivity contribution >= 4 is 17.2 Å². The fraction of sp³-hybridized carbons (Fsp3) is 0.500. The maximum atomic E-state index is 9.01. The molecule has 0 saturated carbocycles. The summed E-state index contributed by atoms with van der Waals surface area (Å²) in [6.45, 7) is 7.23. The molecule has 0 aromatic carbocycles. The summed E-state index contributed by atoms with van der Waals surface area (Å²) in [5.41, 5.74) is 0.617. The highest BCUT2D eigenvalue weighted by Crippen LogP contribution is 2.20. The van der Waals surface area contributed by atoms with Crippen molar-refractivity contribution in [2.75, 3.05) is 31.1 Å². The fourth-order valence-corrected chi connectivity index (χ4v) is 3.65. The van der Waals surface area contributed by atoms with Crippen LogP contribution in [-0.4, -0.2) is 46.2 Å². The number of aliphatic hydroxyl groups excluding tert-OH is 1. The Morgan fingerprint density at radius 3 is 2.45 bits per heavy atom. The summed E-state index contributed by atoms with van der Waals surface area (Å²) in [7, 11) is 0. The van der Waals surface area contributed by atoms with Crippen LogP contribution in [0.25, 0.3) is 0 Å². The minimum atomic E-state index is -0.0539. The lowest BCUT2D eigenvalue weighted by atomic mass is 10.3. The molecule has 118 valence electrons. The molecule has 0 radical (unpaired) electrons. The normalized spacial score (nSPS) is 16.2. The van der Waals surface area contributed by atoms with Crippen molar-refractivity contribution < 1.29 is 5.11 Å². The molecule has 2 aromatic heterocycles. The van der Waals surface area contributed by atoms with Gasteiger partial charge >= 0.3 is 0 Å². The van der Waals surface area contributed by atoms with E-state index in [1.807, 2.05) is 11.3 Å². The minimum absolute atomic E-state index is 0.0539. The zero-order chi connectivity index (χ0) is 15.4. The van der Waals surface area contributed by atoms with Crippen molar-refractivity contribution in [3.63, 3.8) is 0 Å². The Balaban J connectivity index is 1.53. The fourth-order valence-electron chi connectivity index (χ4n) is 2.65. The molecule has 0 amide bonds. The summed E-state index contributed by atoms with van der Waals surface area (Å²) in [6, 6.07) is 4.50. The second-order valence-corrected chi connectivity index (χ2v) is 6.76. The number of aliphatic hydroxyl groups is 1. The number of aryl methyl sites for hydroxylation is 1. The van der Waals surface area contributed by atoms with Gasteiger partial charge in [0.1, 0.15) is 5.82 Å². The van der Waals surface area contributed by atoms with Gasteiger partial charge in [0.05, 0.1) is 24.7 Å². The van der Waals surface area contributed by atoms with Gasteiger partial charge in [-0.3, -0.25) is 9.88 Å². The lowest BCUT2D eigenvalue weighted by Gasteiger charge is -2.35.